The fourth-order valence-corrected chi connectivity index (χ4v) is 4.81. The lowest BCUT2D eigenvalue weighted by Gasteiger charge is -2.62. The van der Waals surface area contributed by atoms with Gasteiger partial charge in [0.25, 0.3) is 0 Å². The fraction of sp³-hybridized carbons (Fsp3) is 1.00. The molecule has 4 aliphatic rings. The summed E-state index contributed by atoms with van der Waals surface area (Å²) in [7, 11) is 0. The quantitative estimate of drug-likeness (QED) is 0.595. The third kappa shape index (κ3) is 1.08. The largest absolute Gasteiger partial charge is 0.390 e. The van der Waals surface area contributed by atoms with Crippen molar-refractivity contribution in [2.45, 2.75) is 56.7 Å². The van der Waals surface area contributed by atoms with Crippen LogP contribution < -0.4 is 0 Å². The molecule has 0 amide bonds. The lowest BCUT2D eigenvalue weighted by atomic mass is 9.47. The van der Waals surface area contributed by atoms with E-state index in [2.05, 4.69) is 6.92 Å². The van der Waals surface area contributed by atoms with Crippen molar-refractivity contribution < 1.29 is 10.2 Å². The maximum Gasteiger partial charge on any atom is 0.0683 e. The van der Waals surface area contributed by atoms with E-state index < -0.39 is 11.2 Å². The summed E-state index contributed by atoms with van der Waals surface area (Å²) in [6.45, 7) is 2.23. The molecule has 4 aliphatic carbocycles. The van der Waals surface area contributed by atoms with Gasteiger partial charge in [0, 0.05) is 6.42 Å². The molecule has 13 heavy (non-hydrogen) atoms. The molecule has 4 saturated carbocycles. The maximum absolute atomic E-state index is 10.3. The van der Waals surface area contributed by atoms with Crippen LogP contribution >= 0.6 is 0 Å². The molecule has 74 valence electrons. The minimum atomic E-state index is -0.525. The third-order valence-corrected chi connectivity index (χ3v) is 4.29. The highest BCUT2D eigenvalue weighted by Gasteiger charge is 2.60. The normalized spacial score (nSPS) is 64.4. The van der Waals surface area contributed by atoms with Crippen LogP contribution in [-0.2, 0) is 0 Å². The van der Waals surface area contributed by atoms with Crippen molar-refractivity contribution >= 4 is 0 Å². The summed E-state index contributed by atoms with van der Waals surface area (Å²) in [4.78, 5) is 0. The highest BCUT2D eigenvalue weighted by Crippen LogP contribution is 2.62. The van der Waals surface area contributed by atoms with Crippen molar-refractivity contribution in [1.82, 2.24) is 0 Å². The first-order valence-electron chi connectivity index (χ1n) is 5.35. The van der Waals surface area contributed by atoms with Crippen LogP contribution in [0.5, 0.6) is 0 Å². The number of rotatable bonds is 0. The van der Waals surface area contributed by atoms with E-state index in [4.69, 9.17) is 0 Å². The molecule has 0 unspecified atom stereocenters. The first-order valence-corrected chi connectivity index (χ1v) is 5.35. The van der Waals surface area contributed by atoms with E-state index in [1.807, 2.05) is 0 Å². The number of aliphatic hydroxyl groups is 2. The molecular weight excluding hydrogens is 164 g/mol. The molecule has 0 aromatic rings. The summed E-state index contributed by atoms with van der Waals surface area (Å²) in [6.07, 6.45) is 5.55. The number of hydrogen-bond acceptors (Lipinski definition) is 2. The summed E-state index contributed by atoms with van der Waals surface area (Å²) in [5.74, 6) is 0.580. The van der Waals surface area contributed by atoms with Crippen LogP contribution in [0.4, 0.5) is 0 Å². The van der Waals surface area contributed by atoms with Crippen LogP contribution in [0.2, 0.25) is 0 Å². The van der Waals surface area contributed by atoms with Gasteiger partial charge in [0.15, 0.2) is 0 Å². The van der Waals surface area contributed by atoms with Gasteiger partial charge in [-0.2, -0.15) is 0 Å². The van der Waals surface area contributed by atoms with Gasteiger partial charge in [0.1, 0.15) is 0 Å². The van der Waals surface area contributed by atoms with Gasteiger partial charge >= 0.3 is 0 Å². The predicted molar refractivity (Wildman–Crippen MR) is 49.2 cm³/mol. The van der Waals surface area contributed by atoms with Gasteiger partial charge < -0.3 is 10.2 Å². The average Bonchev–Trinajstić information content (AvgIpc) is 1.71. The summed E-state index contributed by atoms with van der Waals surface area (Å²) in [6, 6.07) is 0. The Hall–Kier alpha value is -0.0800. The Labute approximate surface area is 79.0 Å². The van der Waals surface area contributed by atoms with Crippen LogP contribution in [0.1, 0.15) is 45.4 Å². The Morgan fingerprint density at radius 3 is 1.85 bits per heavy atom. The average molecular weight is 182 g/mol. The molecule has 0 aliphatic heterocycles. The van der Waals surface area contributed by atoms with Crippen LogP contribution in [0.25, 0.3) is 0 Å². The Morgan fingerprint density at radius 1 is 0.923 bits per heavy atom. The molecule has 2 atom stereocenters. The topological polar surface area (TPSA) is 40.5 Å². The number of hydrogen-bond donors (Lipinski definition) is 2. The first-order chi connectivity index (χ1) is 5.91. The van der Waals surface area contributed by atoms with Crippen molar-refractivity contribution in [3.8, 4) is 0 Å². The second-order valence-electron chi connectivity index (χ2n) is 6.27. The van der Waals surface area contributed by atoms with Gasteiger partial charge in [0.05, 0.1) is 11.2 Å². The van der Waals surface area contributed by atoms with E-state index in [0.717, 1.165) is 25.7 Å². The van der Waals surface area contributed by atoms with Crippen LogP contribution in [0, 0.1) is 11.3 Å². The van der Waals surface area contributed by atoms with Crippen LogP contribution in [0.3, 0.4) is 0 Å². The molecule has 2 heteroatoms. The van der Waals surface area contributed by atoms with E-state index in [-0.39, 0.29) is 5.41 Å². The summed E-state index contributed by atoms with van der Waals surface area (Å²) in [5, 5.41) is 20.5. The SMILES string of the molecule is CC12CC3C[C@](O)(C1)C[C@](O)(C3)C2. The summed E-state index contributed by atoms with van der Waals surface area (Å²) >= 11 is 0. The molecule has 0 aromatic heterocycles. The second-order valence-corrected chi connectivity index (χ2v) is 6.27. The van der Waals surface area contributed by atoms with Crippen molar-refractivity contribution in [2.75, 3.05) is 0 Å². The summed E-state index contributed by atoms with van der Waals surface area (Å²) < 4.78 is 0. The minimum absolute atomic E-state index is 0.225. The van der Waals surface area contributed by atoms with Gasteiger partial charge in [-0.05, 0) is 43.4 Å². The van der Waals surface area contributed by atoms with Crippen molar-refractivity contribution in [1.29, 1.82) is 0 Å². The molecule has 2 nitrogen and oxygen atoms in total. The standard InChI is InChI=1S/C11H18O2/c1-9-2-8-3-10(12,5-9)7-11(13,4-8)6-9/h8,12-13H,2-7H2,1H3/t8?,9?,10-,11-/m0/s1. The van der Waals surface area contributed by atoms with Gasteiger partial charge in [0.2, 0.25) is 0 Å². The van der Waals surface area contributed by atoms with Crippen molar-refractivity contribution in [3.05, 3.63) is 0 Å². The van der Waals surface area contributed by atoms with E-state index in [1.165, 1.54) is 6.42 Å². The molecule has 4 fully saturated rings. The van der Waals surface area contributed by atoms with Crippen molar-refractivity contribution in [2.24, 2.45) is 11.3 Å². The first kappa shape index (κ1) is 8.25. The third-order valence-electron chi connectivity index (χ3n) is 4.29. The monoisotopic (exact) mass is 182 g/mol. The molecule has 2 N–H and O–H groups in total. The van der Waals surface area contributed by atoms with E-state index in [9.17, 15) is 10.2 Å². The lowest BCUT2D eigenvalue weighted by Crippen LogP contribution is -2.62. The van der Waals surface area contributed by atoms with Crippen molar-refractivity contribution in [3.63, 3.8) is 0 Å². The Morgan fingerprint density at radius 2 is 1.46 bits per heavy atom. The van der Waals surface area contributed by atoms with Crippen LogP contribution in [0.15, 0.2) is 0 Å². The molecule has 0 saturated heterocycles. The zero-order valence-corrected chi connectivity index (χ0v) is 8.21. The fourth-order valence-electron chi connectivity index (χ4n) is 4.81. The maximum atomic E-state index is 10.3. The van der Waals surface area contributed by atoms with Gasteiger partial charge in [-0.15, -0.1) is 0 Å². The zero-order valence-electron chi connectivity index (χ0n) is 8.21. The van der Waals surface area contributed by atoms with Gasteiger partial charge in [-0.1, -0.05) is 6.92 Å². The Balaban J connectivity index is 2.03. The summed E-state index contributed by atoms with van der Waals surface area (Å²) in [5.41, 5.74) is -0.825. The smallest absolute Gasteiger partial charge is 0.0683 e. The zero-order chi connectivity index (χ0) is 9.32. The lowest BCUT2D eigenvalue weighted by molar-refractivity contribution is -0.225. The molecule has 0 radical (unpaired) electrons. The molecule has 0 heterocycles. The Bertz CT molecular complexity index is 210. The second kappa shape index (κ2) is 1.96. The molecule has 0 spiro atoms. The highest BCUT2D eigenvalue weighted by molar-refractivity contribution is 5.12. The van der Waals surface area contributed by atoms with Gasteiger partial charge in [-0.25, -0.2) is 0 Å². The molecular formula is C11H18O2. The molecule has 4 bridgehead atoms. The van der Waals surface area contributed by atoms with Gasteiger partial charge in [-0.3, -0.25) is 0 Å². The Kier molecular flexibility index (Phi) is 1.24. The minimum Gasteiger partial charge on any atom is -0.390 e. The predicted octanol–water partition coefficient (Wildman–Crippen LogP) is 1.45. The molecule has 0 aromatic carbocycles. The van der Waals surface area contributed by atoms with E-state index >= 15 is 0 Å². The van der Waals surface area contributed by atoms with Crippen LogP contribution in [-0.4, -0.2) is 21.4 Å². The van der Waals surface area contributed by atoms with E-state index in [0.29, 0.717) is 12.3 Å². The van der Waals surface area contributed by atoms with E-state index in [1.54, 1.807) is 0 Å². The molecule has 4 rings (SSSR count). The highest BCUT2D eigenvalue weighted by atomic mass is 16.3.